The minimum Gasteiger partial charge on any atom is -0.312 e. The third-order valence-corrected chi connectivity index (χ3v) is 2.94. The number of hydrogen-bond acceptors (Lipinski definition) is 2. The van der Waals surface area contributed by atoms with E-state index < -0.39 is 0 Å². The summed E-state index contributed by atoms with van der Waals surface area (Å²) < 4.78 is 0. The summed E-state index contributed by atoms with van der Waals surface area (Å²) in [7, 11) is 0. The minimum atomic E-state index is 0.206. The summed E-state index contributed by atoms with van der Waals surface area (Å²) in [6.45, 7) is 10.4. The smallest absolute Gasteiger partial charge is 0.0635 e. The van der Waals surface area contributed by atoms with Crippen molar-refractivity contribution in [3.63, 3.8) is 0 Å². The fourth-order valence-corrected chi connectivity index (χ4v) is 1.73. The highest BCUT2D eigenvalue weighted by atomic mass is 14.8. The van der Waals surface area contributed by atoms with Crippen molar-refractivity contribution >= 4 is 0 Å². The molecule has 0 bridgehead atoms. The molecule has 0 atom stereocenters. The van der Waals surface area contributed by atoms with Crippen LogP contribution in [0.1, 0.15) is 43.9 Å². The second-order valence-electron chi connectivity index (χ2n) is 5.48. The predicted octanol–water partition coefficient (Wildman–Crippen LogP) is 3.30. The molecular formula is C15H22N2. The molecule has 0 amide bonds. The van der Waals surface area contributed by atoms with Crippen molar-refractivity contribution in [2.24, 2.45) is 0 Å². The van der Waals surface area contributed by atoms with Crippen LogP contribution in [0.25, 0.3) is 0 Å². The van der Waals surface area contributed by atoms with Gasteiger partial charge in [-0.25, -0.2) is 0 Å². The Morgan fingerprint density at radius 2 is 2.00 bits per heavy atom. The van der Waals surface area contributed by atoms with Crippen LogP contribution >= 0.6 is 0 Å². The lowest BCUT2D eigenvalue weighted by molar-refractivity contribution is 0.588. The molecule has 17 heavy (non-hydrogen) atoms. The second-order valence-corrected chi connectivity index (χ2v) is 5.48. The van der Waals surface area contributed by atoms with Gasteiger partial charge in [-0.15, -0.1) is 0 Å². The fourth-order valence-electron chi connectivity index (χ4n) is 1.73. The molecule has 0 aromatic heterocycles. The molecule has 0 aliphatic carbocycles. The molecule has 1 rings (SSSR count). The number of nitriles is 1. The average molecular weight is 230 g/mol. The Bertz CT molecular complexity index is 408. The summed E-state index contributed by atoms with van der Waals surface area (Å²) in [6.07, 6.45) is 0.569. The fraction of sp³-hybridized carbons (Fsp3) is 0.533. The molecule has 0 saturated carbocycles. The van der Waals surface area contributed by atoms with Gasteiger partial charge in [-0.05, 0) is 29.0 Å². The molecule has 0 spiro atoms. The average Bonchev–Trinajstić information content (AvgIpc) is 2.24. The molecule has 0 heterocycles. The van der Waals surface area contributed by atoms with Crippen LogP contribution < -0.4 is 5.32 Å². The number of benzene rings is 1. The number of hydrogen-bond donors (Lipinski definition) is 1. The van der Waals surface area contributed by atoms with Crippen molar-refractivity contribution < 1.29 is 0 Å². The Morgan fingerprint density at radius 1 is 1.29 bits per heavy atom. The highest BCUT2D eigenvalue weighted by molar-refractivity contribution is 5.34. The zero-order chi connectivity index (χ0) is 12.9. The van der Waals surface area contributed by atoms with E-state index in [1.165, 1.54) is 16.7 Å². The molecule has 0 aliphatic heterocycles. The molecule has 2 nitrogen and oxygen atoms in total. The Balaban J connectivity index is 2.68. The van der Waals surface area contributed by atoms with Crippen molar-refractivity contribution in [3.8, 4) is 6.07 Å². The van der Waals surface area contributed by atoms with Gasteiger partial charge in [-0.2, -0.15) is 5.26 Å². The van der Waals surface area contributed by atoms with Crippen LogP contribution in [-0.4, -0.2) is 6.54 Å². The van der Waals surface area contributed by atoms with Crippen molar-refractivity contribution in [2.45, 2.75) is 46.1 Å². The quantitative estimate of drug-likeness (QED) is 0.806. The first-order valence-corrected chi connectivity index (χ1v) is 6.13. The van der Waals surface area contributed by atoms with Gasteiger partial charge in [0.05, 0.1) is 6.07 Å². The summed E-state index contributed by atoms with van der Waals surface area (Å²) in [5.41, 5.74) is 4.21. The summed E-state index contributed by atoms with van der Waals surface area (Å²) in [5, 5.41) is 11.7. The van der Waals surface area contributed by atoms with Crippen molar-refractivity contribution in [1.29, 1.82) is 5.26 Å². The number of nitrogens with one attached hydrogen (secondary N) is 1. The Kier molecular flexibility index (Phi) is 4.72. The number of aryl methyl sites for hydroxylation is 1. The Morgan fingerprint density at radius 3 is 2.53 bits per heavy atom. The van der Waals surface area contributed by atoms with Gasteiger partial charge < -0.3 is 5.32 Å². The van der Waals surface area contributed by atoms with Crippen LogP contribution in [-0.2, 0) is 12.0 Å². The van der Waals surface area contributed by atoms with E-state index in [-0.39, 0.29) is 5.41 Å². The molecule has 0 aliphatic rings. The predicted molar refractivity (Wildman–Crippen MR) is 71.8 cm³/mol. The zero-order valence-electron chi connectivity index (χ0n) is 11.3. The first-order valence-electron chi connectivity index (χ1n) is 6.13. The van der Waals surface area contributed by atoms with E-state index in [1.54, 1.807) is 0 Å². The van der Waals surface area contributed by atoms with E-state index in [1.807, 2.05) is 0 Å². The van der Waals surface area contributed by atoms with E-state index >= 15 is 0 Å². The maximum Gasteiger partial charge on any atom is 0.0635 e. The van der Waals surface area contributed by atoms with Gasteiger partial charge in [0.2, 0.25) is 0 Å². The first-order chi connectivity index (χ1) is 7.95. The molecule has 0 unspecified atom stereocenters. The lowest BCUT2D eigenvalue weighted by atomic mass is 9.85. The monoisotopic (exact) mass is 230 g/mol. The molecule has 0 saturated heterocycles. The standard InChI is InChI=1S/C15H22N2/c1-12-10-14(15(2,3)4)7-6-13(12)11-17-9-5-8-16/h6-7,10,17H,5,9,11H2,1-4H3. The normalized spacial score (nSPS) is 11.2. The van der Waals surface area contributed by atoms with E-state index in [4.69, 9.17) is 5.26 Å². The molecule has 1 aromatic carbocycles. The molecule has 2 heteroatoms. The molecule has 92 valence electrons. The second kappa shape index (κ2) is 5.84. The topological polar surface area (TPSA) is 35.8 Å². The molecule has 0 radical (unpaired) electrons. The Labute approximate surface area is 105 Å². The third-order valence-electron chi connectivity index (χ3n) is 2.94. The van der Waals surface area contributed by atoms with Crippen LogP contribution in [0.5, 0.6) is 0 Å². The molecule has 1 aromatic rings. The maximum absolute atomic E-state index is 8.45. The number of rotatable bonds is 4. The highest BCUT2D eigenvalue weighted by Gasteiger charge is 2.14. The molecule has 0 fully saturated rings. The highest BCUT2D eigenvalue weighted by Crippen LogP contribution is 2.24. The SMILES string of the molecule is Cc1cc(C(C)(C)C)ccc1CNCCC#N. The number of nitrogens with zero attached hydrogens (tertiary/aromatic N) is 1. The first kappa shape index (κ1) is 13.7. The lowest BCUT2D eigenvalue weighted by Crippen LogP contribution is -2.16. The summed E-state index contributed by atoms with van der Waals surface area (Å²) in [5.74, 6) is 0. The van der Waals surface area contributed by atoms with E-state index in [9.17, 15) is 0 Å². The molecular weight excluding hydrogens is 208 g/mol. The van der Waals surface area contributed by atoms with Crippen LogP contribution in [0, 0.1) is 18.3 Å². The van der Waals surface area contributed by atoms with E-state index in [0.717, 1.165) is 13.1 Å². The summed E-state index contributed by atoms with van der Waals surface area (Å²) >= 11 is 0. The van der Waals surface area contributed by atoms with Gasteiger partial charge in [-0.3, -0.25) is 0 Å². The van der Waals surface area contributed by atoms with Gasteiger partial charge in [0.25, 0.3) is 0 Å². The van der Waals surface area contributed by atoms with Crippen LogP contribution in [0.15, 0.2) is 18.2 Å². The molecule has 1 N–H and O–H groups in total. The van der Waals surface area contributed by atoms with Gasteiger partial charge in [0.15, 0.2) is 0 Å². The lowest BCUT2D eigenvalue weighted by Gasteiger charge is -2.20. The Hall–Kier alpha value is -1.33. The van der Waals surface area contributed by atoms with Crippen LogP contribution in [0.4, 0.5) is 0 Å². The summed E-state index contributed by atoms with van der Waals surface area (Å²) in [4.78, 5) is 0. The van der Waals surface area contributed by atoms with E-state index in [0.29, 0.717) is 6.42 Å². The van der Waals surface area contributed by atoms with Crippen LogP contribution in [0.2, 0.25) is 0 Å². The zero-order valence-corrected chi connectivity index (χ0v) is 11.3. The van der Waals surface area contributed by atoms with E-state index in [2.05, 4.69) is 57.3 Å². The van der Waals surface area contributed by atoms with Gasteiger partial charge in [-0.1, -0.05) is 39.0 Å². The van der Waals surface area contributed by atoms with Gasteiger partial charge in [0, 0.05) is 19.5 Å². The van der Waals surface area contributed by atoms with Crippen LogP contribution in [0.3, 0.4) is 0 Å². The van der Waals surface area contributed by atoms with Crippen molar-refractivity contribution in [2.75, 3.05) is 6.54 Å². The summed E-state index contributed by atoms with van der Waals surface area (Å²) in [6, 6.07) is 8.79. The van der Waals surface area contributed by atoms with Crippen molar-refractivity contribution in [1.82, 2.24) is 5.32 Å². The largest absolute Gasteiger partial charge is 0.312 e. The maximum atomic E-state index is 8.45. The third kappa shape index (κ3) is 4.20. The van der Waals surface area contributed by atoms with Gasteiger partial charge >= 0.3 is 0 Å². The minimum absolute atomic E-state index is 0.206. The van der Waals surface area contributed by atoms with Crippen molar-refractivity contribution in [3.05, 3.63) is 34.9 Å². The van der Waals surface area contributed by atoms with Gasteiger partial charge in [0.1, 0.15) is 0 Å².